The Kier molecular flexibility index (Phi) is 4.70. The molecule has 2 N–H and O–H groups in total. The second kappa shape index (κ2) is 7.15. The zero-order valence-corrected chi connectivity index (χ0v) is 15.7. The van der Waals surface area contributed by atoms with Gasteiger partial charge in [0.25, 0.3) is 0 Å². The lowest BCUT2D eigenvalue weighted by Gasteiger charge is -2.45. The third kappa shape index (κ3) is 3.60. The van der Waals surface area contributed by atoms with Crippen LogP contribution in [-0.4, -0.2) is 63.3 Å². The molecular formula is C20H25N5O2. The van der Waals surface area contributed by atoms with Crippen molar-refractivity contribution < 1.29 is 9.59 Å². The number of nitrogens with one attached hydrogen (secondary N) is 2. The van der Waals surface area contributed by atoms with Crippen LogP contribution in [0.25, 0.3) is 0 Å². The van der Waals surface area contributed by atoms with Crippen LogP contribution in [-0.2, 0) is 22.6 Å². The average molecular weight is 367 g/mol. The lowest BCUT2D eigenvalue weighted by Crippen LogP contribution is -2.69. The Morgan fingerprint density at radius 3 is 2.81 bits per heavy atom. The maximum atomic E-state index is 12.8. The van der Waals surface area contributed by atoms with Crippen LogP contribution in [0.5, 0.6) is 0 Å². The van der Waals surface area contributed by atoms with Crippen LogP contribution in [0.1, 0.15) is 22.4 Å². The fourth-order valence-corrected chi connectivity index (χ4v) is 4.02. The largest absolute Gasteiger partial charge is 0.348 e. The fraction of sp³-hybridized carbons (Fsp3) is 0.450. The highest BCUT2D eigenvalue weighted by molar-refractivity contribution is 5.97. The molecule has 2 aromatic rings. The molecule has 0 bridgehead atoms. The van der Waals surface area contributed by atoms with Crippen molar-refractivity contribution in [2.24, 2.45) is 0 Å². The highest BCUT2D eigenvalue weighted by Crippen LogP contribution is 2.20. The van der Waals surface area contributed by atoms with Gasteiger partial charge in [0.1, 0.15) is 12.1 Å². The summed E-state index contributed by atoms with van der Waals surface area (Å²) in [5, 5.41) is 2.90. The van der Waals surface area contributed by atoms with E-state index in [1.54, 1.807) is 17.4 Å². The van der Waals surface area contributed by atoms with E-state index < -0.39 is 12.1 Å². The van der Waals surface area contributed by atoms with E-state index in [-0.39, 0.29) is 11.8 Å². The summed E-state index contributed by atoms with van der Waals surface area (Å²) in [6, 6.07) is 5.54. The van der Waals surface area contributed by atoms with Gasteiger partial charge in [-0.25, -0.2) is 4.98 Å². The first kappa shape index (κ1) is 17.7. The Morgan fingerprint density at radius 1 is 1.22 bits per heavy atom. The SMILES string of the molecule is Cc1ccc(CN2CCN3C(=O)[C@H](Cc4cnc[nH]4)NC(=O)[C@H]3C2)c(C)c1. The zero-order chi connectivity index (χ0) is 19.0. The molecule has 1 aromatic heterocycles. The van der Waals surface area contributed by atoms with Gasteiger partial charge in [0.2, 0.25) is 11.8 Å². The Balaban J connectivity index is 1.43. The number of aryl methyl sites for hydroxylation is 2. The summed E-state index contributed by atoms with van der Waals surface area (Å²) in [5.74, 6) is -0.0650. The van der Waals surface area contributed by atoms with Gasteiger partial charge in [0.15, 0.2) is 0 Å². The average Bonchev–Trinajstić information content (AvgIpc) is 3.15. The van der Waals surface area contributed by atoms with Crippen LogP contribution >= 0.6 is 0 Å². The smallest absolute Gasteiger partial charge is 0.246 e. The zero-order valence-electron chi connectivity index (χ0n) is 15.7. The van der Waals surface area contributed by atoms with Crippen LogP contribution < -0.4 is 5.32 Å². The van der Waals surface area contributed by atoms with Gasteiger partial charge in [-0.1, -0.05) is 23.8 Å². The molecule has 7 heteroatoms. The van der Waals surface area contributed by atoms with E-state index >= 15 is 0 Å². The molecule has 4 rings (SSSR count). The number of amides is 2. The monoisotopic (exact) mass is 367 g/mol. The normalized spacial score (nSPS) is 23.3. The molecule has 142 valence electrons. The van der Waals surface area contributed by atoms with E-state index in [1.807, 2.05) is 0 Å². The Morgan fingerprint density at radius 2 is 2.07 bits per heavy atom. The molecule has 2 fully saturated rings. The van der Waals surface area contributed by atoms with Crippen molar-refractivity contribution in [1.82, 2.24) is 25.1 Å². The predicted molar refractivity (Wildman–Crippen MR) is 101 cm³/mol. The molecule has 7 nitrogen and oxygen atoms in total. The molecule has 2 saturated heterocycles. The molecule has 0 saturated carbocycles. The third-order valence-corrected chi connectivity index (χ3v) is 5.54. The number of carbonyl (C=O) groups excluding carboxylic acids is 2. The Bertz CT molecular complexity index is 848. The number of H-pyrrole nitrogens is 1. The van der Waals surface area contributed by atoms with Gasteiger partial charge in [-0.15, -0.1) is 0 Å². The lowest BCUT2D eigenvalue weighted by molar-refractivity contribution is -0.153. The van der Waals surface area contributed by atoms with E-state index in [0.29, 0.717) is 19.5 Å². The maximum absolute atomic E-state index is 12.8. The van der Waals surface area contributed by atoms with Crippen molar-refractivity contribution in [1.29, 1.82) is 0 Å². The topological polar surface area (TPSA) is 81.3 Å². The molecule has 2 amide bonds. The highest BCUT2D eigenvalue weighted by Gasteiger charge is 2.43. The van der Waals surface area contributed by atoms with Gasteiger partial charge in [-0.3, -0.25) is 14.5 Å². The Hall–Kier alpha value is -2.67. The van der Waals surface area contributed by atoms with Crippen molar-refractivity contribution in [3.63, 3.8) is 0 Å². The number of fused-ring (bicyclic) bond motifs is 1. The van der Waals surface area contributed by atoms with Gasteiger partial charge in [0.05, 0.1) is 6.33 Å². The minimum absolute atomic E-state index is 0.000339. The van der Waals surface area contributed by atoms with Gasteiger partial charge < -0.3 is 15.2 Å². The number of imidazole rings is 1. The number of piperazine rings is 2. The molecule has 0 spiro atoms. The summed E-state index contributed by atoms with van der Waals surface area (Å²) < 4.78 is 0. The number of nitrogens with zero attached hydrogens (tertiary/aromatic N) is 3. The lowest BCUT2D eigenvalue weighted by atomic mass is 10.00. The number of aromatic amines is 1. The summed E-state index contributed by atoms with van der Waals surface area (Å²) in [6.07, 6.45) is 3.71. The molecule has 2 aliphatic heterocycles. The van der Waals surface area contributed by atoms with E-state index in [9.17, 15) is 9.59 Å². The molecule has 2 atom stereocenters. The van der Waals surface area contributed by atoms with E-state index in [0.717, 1.165) is 18.8 Å². The van der Waals surface area contributed by atoms with Gasteiger partial charge in [-0.2, -0.15) is 0 Å². The Labute approximate surface area is 158 Å². The van der Waals surface area contributed by atoms with E-state index in [4.69, 9.17) is 0 Å². The summed E-state index contributed by atoms with van der Waals surface area (Å²) in [5.41, 5.74) is 4.64. The van der Waals surface area contributed by atoms with Crippen LogP contribution in [0.4, 0.5) is 0 Å². The highest BCUT2D eigenvalue weighted by atomic mass is 16.2. The summed E-state index contributed by atoms with van der Waals surface area (Å²) >= 11 is 0. The van der Waals surface area contributed by atoms with Crippen LogP contribution in [0.2, 0.25) is 0 Å². The van der Waals surface area contributed by atoms with Crippen molar-refractivity contribution in [2.45, 2.75) is 38.9 Å². The molecule has 27 heavy (non-hydrogen) atoms. The molecule has 1 aromatic carbocycles. The van der Waals surface area contributed by atoms with Crippen molar-refractivity contribution in [3.8, 4) is 0 Å². The van der Waals surface area contributed by atoms with Gasteiger partial charge in [0, 0.05) is 44.5 Å². The van der Waals surface area contributed by atoms with Crippen molar-refractivity contribution in [2.75, 3.05) is 19.6 Å². The van der Waals surface area contributed by atoms with Crippen molar-refractivity contribution in [3.05, 3.63) is 53.1 Å². The molecule has 0 aliphatic carbocycles. The van der Waals surface area contributed by atoms with E-state index in [1.165, 1.54) is 16.7 Å². The van der Waals surface area contributed by atoms with Gasteiger partial charge in [-0.05, 0) is 25.0 Å². The number of carbonyl (C=O) groups is 2. The number of aromatic nitrogens is 2. The molecule has 2 aliphatic rings. The summed E-state index contributed by atoms with van der Waals surface area (Å²) in [7, 11) is 0. The molecule has 3 heterocycles. The van der Waals surface area contributed by atoms with Gasteiger partial charge >= 0.3 is 0 Å². The van der Waals surface area contributed by atoms with Crippen LogP contribution in [0.3, 0.4) is 0 Å². The minimum Gasteiger partial charge on any atom is -0.348 e. The first-order valence-electron chi connectivity index (χ1n) is 9.38. The maximum Gasteiger partial charge on any atom is 0.246 e. The molecule has 0 unspecified atom stereocenters. The first-order valence-corrected chi connectivity index (χ1v) is 9.38. The molecular weight excluding hydrogens is 342 g/mol. The predicted octanol–water partition coefficient (Wildman–Crippen LogP) is 0.780. The summed E-state index contributed by atoms with van der Waals surface area (Å²) in [4.78, 5) is 36.5. The fourth-order valence-electron chi connectivity index (χ4n) is 4.02. The van der Waals surface area contributed by atoms with E-state index in [2.05, 4.69) is 52.2 Å². The van der Waals surface area contributed by atoms with Crippen LogP contribution in [0.15, 0.2) is 30.7 Å². The molecule has 0 radical (unpaired) electrons. The second-order valence-corrected chi connectivity index (χ2v) is 7.55. The quantitative estimate of drug-likeness (QED) is 0.837. The number of hydrogen-bond acceptors (Lipinski definition) is 4. The standard InChI is InChI=1S/C20H25N5O2/c1-13-3-4-15(14(2)7-13)10-24-5-6-25-18(11-24)19(26)23-17(20(25)27)8-16-9-21-12-22-16/h3-4,7,9,12,17-18H,5-6,8,10-11H2,1-2H3,(H,21,22)(H,23,26)/t17-,18+/m0/s1. The van der Waals surface area contributed by atoms with Crippen molar-refractivity contribution >= 4 is 11.8 Å². The summed E-state index contributed by atoms with van der Waals surface area (Å²) in [6.45, 7) is 6.95. The number of rotatable bonds is 4. The number of benzene rings is 1. The number of hydrogen-bond donors (Lipinski definition) is 2. The third-order valence-electron chi connectivity index (χ3n) is 5.54. The second-order valence-electron chi connectivity index (χ2n) is 7.55. The minimum atomic E-state index is -0.514. The first-order chi connectivity index (χ1) is 13.0. The van der Waals surface area contributed by atoms with Crippen LogP contribution in [0, 0.1) is 13.8 Å².